The molecule has 1 aliphatic heterocycles. The summed E-state index contributed by atoms with van der Waals surface area (Å²) in [5.41, 5.74) is 0.0445. The largest absolute Gasteiger partial charge is 0.462 e. The van der Waals surface area contributed by atoms with Gasteiger partial charge in [-0.1, -0.05) is 6.58 Å². The van der Waals surface area contributed by atoms with E-state index in [0.717, 1.165) is 12.8 Å². The van der Waals surface area contributed by atoms with Crippen molar-refractivity contribution < 1.29 is 28.6 Å². The monoisotopic (exact) mass is 369 g/mol. The fourth-order valence-corrected chi connectivity index (χ4v) is 3.25. The molecule has 1 N–H and O–H groups in total. The summed E-state index contributed by atoms with van der Waals surface area (Å²) >= 11 is 0. The molecule has 26 heavy (non-hydrogen) atoms. The van der Waals surface area contributed by atoms with Crippen LogP contribution in [-0.4, -0.2) is 48.3 Å². The first-order valence-corrected chi connectivity index (χ1v) is 8.87. The molecule has 0 aliphatic carbocycles. The molecule has 1 rings (SSSR count). The first-order valence-electron chi connectivity index (χ1n) is 8.87. The van der Waals surface area contributed by atoms with Crippen molar-refractivity contribution in [3.63, 3.8) is 0 Å². The molecule has 1 fully saturated rings. The van der Waals surface area contributed by atoms with Gasteiger partial charge < -0.3 is 19.5 Å². The molecule has 148 valence electrons. The molecule has 0 amide bonds. The lowest BCUT2D eigenvalue weighted by atomic mass is 9.81. The Morgan fingerprint density at radius 3 is 2.00 bits per heavy atom. The summed E-state index contributed by atoms with van der Waals surface area (Å²) in [6.45, 7) is 13.2. The van der Waals surface area contributed by atoms with E-state index < -0.39 is 17.9 Å². The minimum atomic E-state index is -0.530. The molecule has 1 saturated heterocycles. The molecule has 1 heterocycles. The second-order valence-electron chi connectivity index (χ2n) is 8.05. The van der Waals surface area contributed by atoms with Gasteiger partial charge in [-0.2, -0.15) is 0 Å². The van der Waals surface area contributed by atoms with E-state index in [1.54, 1.807) is 0 Å². The van der Waals surface area contributed by atoms with E-state index in [0.29, 0.717) is 0 Å². The Morgan fingerprint density at radius 2 is 1.46 bits per heavy atom. The lowest BCUT2D eigenvalue weighted by molar-refractivity contribution is -0.157. The van der Waals surface area contributed by atoms with Gasteiger partial charge in [-0.15, -0.1) is 0 Å². The van der Waals surface area contributed by atoms with Crippen LogP contribution in [-0.2, 0) is 28.6 Å². The predicted molar refractivity (Wildman–Crippen MR) is 96.4 cm³/mol. The number of piperidine rings is 1. The molecule has 0 spiro atoms. The maximum absolute atomic E-state index is 12.0. The molecule has 0 unspecified atom stereocenters. The zero-order valence-corrected chi connectivity index (χ0v) is 16.5. The van der Waals surface area contributed by atoms with E-state index in [4.69, 9.17) is 14.2 Å². The van der Waals surface area contributed by atoms with Gasteiger partial charge in [-0.3, -0.25) is 9.59 Å². The van der Waals surface area contributed by atoms with E-state index >= 15 is 0 Å². The van der Waals surface area contributed by atoms with Gasteiger partial charge in [0, 0.05) is 29.5 Å². The highest BCUT2D eigenvalue weighted by molar-refractivity contribution is 5.86. The minimum absolute atomic E-state index is 0.0326. The zero-order chi connectivity index (χ0) is 20.0. The number of ether oxygens (including phenoxy) is 3. The average molecular weight is 369 g/mol. The number of esters is 3. The molecule has 0 aromatic rings. The second kappa shape index (κ2) is 9.16. The summed E-state index contributed by atoms with van der Waals surface area (Å²) in [6, 6.07) is 0. The number of nitrogens with one attached hydrogen (secondary N) is 1. The standard InChI is InChI=1S/C19H31NO6/c1-13(2)17(23)25-10-9-24-15(21)7-8-16(22)26-14-11-18(3,4)20-19(5,6)12-14/h14,20H,1,7-12H2,2-6H3. The maximum Gasteiger partial charge on any atom is 0.333 e. The summed E-state index contributed by atoms with van der Waals surface area (Å²) < 4.78 is 15.3. The Hall–Kier alpha value is -1.89. The Balaban J connectivity index is 2.26. The van der Waals surface area contributed by atoms with E-state index in [1.165, 1.54) is 6.92 Å². The van der Waals surface area contributed by atoms with Crippen LogP contribution < -0.4 is 5.32 Å². The lowest BCUT2D eigenvalue weighted by Gasteiger charge is -2.45. The molecule has 0 aromatic heterocycles. The van der Waals surface area contributed by atoms with E-state index in [-0.39, 0.29) is 48.8 Å². The SMILES string of the molecule is C=C(C)C(=O)OCCOC(=O)CCC(=O)OC1CC(C)(C)NC(C)(C)C1. The van der Waals surface area contributed by atoms with Crippen molar-refractivity contribution in [3.05, 3.63) is 12.2 Å². The highest BCUT2D eigenvalue weighted by Crippen LogP contribution is 2.30. The summed E-state index contributed by atoms with van der Waals surface area (Å²) in [4.78, 5) is 34.8. The van der Waals surface area contributed by atoms with Crippen molar-refractivity contribution in [1.82, 2.24) is 5.32 Å². The molecular formula is C19H31NO6. The zero-order valence-electron chi connectivity index (χ0n) is 16.5. The molecule has 7 nitrogen and oxygen atoms in total. The Morgan fingerprint density at radius 1 is 0.962 bits per heavy atom. The van der Waals surface area contributed by atoms with Crippen LogP contribution in [0.5, 0.6) is 0 Å². The number of carbonyl (C=O) groups is 3. The van der Waals surface area contributed by atoms with Crippen LogP contribution in [0.2, 0.25) is 0 Å². The van der Waals surface area contributed by atoms with Crippen molar-refractivity contribution in [1.29, 1.82) is 0 Å². The summed E-state index contributed by atoms with van der Waals surface area (Å²) in [6.07, 6.45) is 1.17. The highest BCUT2D eigenvalue weighted by Gasteiger charge is 2.39. The van der Waals surface area contributed by atoms with Crippen molar-refractivity contribution >= 4 is 17.9 Å². The van der Waals surface area contributed by atoms with Gasteiger partial charge in [0.25, 0.3) is 0 Å². The van der Waals surface area contributed by atoms with Crippen LogP contribution in [0.4, 0.5) is 0 Å². The first-order chi connectivity index (χ1) is 11.9. The molecule has 0 radical (unpaired) electrons. The number of rotatable bonds is 8. The topological polar surface area (TPSA) is 90.9 Å². The van der Waals surface area contributed by atoms with Crippen LogP contribution in [0, 0.1) is 0 Å². The van der Waals surface area contributed by atoms with Gasteiger partial charge >= 0.3 is 17.9 Å². The Labute approximate surface area is 155 Å². The van der Waals surface area contributed by atoms with Crippen LogP contribution in [0.3, 0.4) is 0 Å². The number of hydrogen-bond donors (Lipinski definition) is 1. The lowest BCUT2D eigenvalue weighted by Crippen LogP contribution is -2.59. The van der Waals surface area contributed by atoms with Crippen LogP contribution in [0.15, 0.2) is 12.2 Å². The van der Waals surface area contributed by atoms with E-state index in [2.05, 4.69) is 39.6 Å². The molecule has 0 saturated carbocycles. The third kappa shape index (κ3) is 8.47. The Bertz CT molecular complexity index is 536. The fourth-order valence-electron chi connectivity index (χ4n) is 3.25. The first kappa shape index (κ1) is 22.2. The molecular weight excluding hydrogens is 338 g/mol. The van der Waals surface area contributed by atoms with Gasteiger partial charge in [0.15, 0.2) is 0 Å². The predicted octanol–water partition coefficient (Wildman–Crippen LogP) is 2.28. The van der Waals surface area contributed by atoms with Gasteiger partial charge in [0.1, 0.15) is 19.3 Å². The molecule has 0 aromatic carbocycles. The average Bonchev–Trinajstić information content (AvgIpc) is 2.45. The highest BCUT2D eigenvalue weighted by atomic mass is 16.6. The van der Waals surface area contributed by atoms with E-state index in [9.17, 15) is 14.4 Å². The Kier molecular flexibility index (Phi) is 7.81. The van der Waals surface area contributed by atoms with Gasteiger partial charge in [-0.05, 0) is 34.6 Å². The van der Waals surface area contributed by atoms with Crippen LogP contribution >= 0.6 is 0 Å². The second-order valence-corrected chi connectivity index (χ2v) is 8.05. The van der Waals surface area contributed by atoms with E-state index in [1.807, 2.05) is 0 Å². The molecule has 7 heteroatoms. The third-order valence-electron chi connectivity index (χ3n) is 3.91. The summed E-state index contributed by atoms with van der Waals surface area (Å²) in [7, 11) is 0. The third-order valence-corrected chi connectivity index (χ3v) is 3.91. The van der Waals surface area contributed by atoms with Crippen molar-refractivity contribution in [2.45, 2.75) is 77.5 Å². The van der Waals surface area contributed by atoms with Crippen LogP contribution in [0.1, 0.15) is 60.3 Å². The van der Waals surface area contributed by atoms with Crippen molar-refractivity contribution in [2.75, 3.05) is 13.2 Å². The van der Waals surface area contributed by atoms with Gasteiger partial charge in [0.2, 0.25) is 0 Å². The smallest absolute Gasteiger partial charge is 0.333 e. The van der Waals surface area contributed by atoms with Crippen molar-refractivity contribution in [3.8, 4) is 0 Å². The summed E-state index contributed by atoms with van der Waals surface area (Å²) in [5.74, 6) is -1.47. The van der Waals surface area contributed by atoms with Crippen molar-refractivity contribution in [2.24, 2.45) is 0 Å². The van der Waals surface area contributed by atoms with Gasteiger partial charge in [0.05, 0.1) is 12.8 Å². The minimum Gasteiger partial charge on any atom is -0.462 e. The van der Waals surface area contributed by atoms with Gasteiger partial charge in [-0.25, -0.2) is 4.79 Å². The normalized spacial score (nSPS) is 18.7. The van der Waals surface area contributed by atoms with Crippen LogP contribution in [0.25, 0.3) is 0 Å². The number of carbonyl (C=O) groups excluding carboxylic acids is 3. The number of hydrogen-bond acceptors (Lipinski definition) is 7. The quantitative estimate of drug-likeness (QED) is 0.304. The molecule has 1 aliphatic rings. The fraction of sp³-hybridized carbons (Fsp3) is 0.737. The summed E-state index contributed by atoms with van der Waals surface area (Å²) in [5, 5.41) is 3.52. The molecule has 0 bridgehead atoms. The molecule has 0 atom stereocenters. The maximum atomic E-state index is 12.0.